The Morgan fingerprint density at radius 1 is 1.40 bits per heavy atom. The number of aldehydes is 1. The van der Waals surface area contributed by atoms with Crippen molar-refractivity contribution in [3.63, 3.8) is 0 Å². The topological polar surface area (TPSA) is 20.3 Å². The lowest BCUT2D eigenvalue weighted by Crippen LogP contribution is -2.47. The Hall–Kier alpha value is -1.15. The Balaban J connectivity index is 2.39. The zero-order chi connectivity index (χ0) is 10.9. The third kappa shape index (κ3) is 1.70. The first-order valence-corrected chi connectivity index (χ1v) is 5.43. The average Bonchev–Trinajstić information content (AvgIpc) is 2.23. The Labute approximate surface area is 90.9 Å². The maximum absolute atomic E-state index is 10.6. The molecule has 1 aromatic carbocycles. The van der Waals surface area contributed by atoms with E-state index in [1.54, 1.807) is 0 Å². The van der Waals surface area contributed by atoms with Crippen LogP contribution in [-0.4, -0.2) is 24.3 Å². The van der Waals surface area contributed by atoms with Crippen LogP contribution in [0.25, 0.3) is 0 Å². The molecule has 0 fully saturated rings. The zero-order valence-electron chi connectivity index (χ0n) is 9.36. The van der Waals surface area contributed by atoms with Crippen LogP contribution in [0.4, 0.5) is 0 Å². The van der Waals surface area contributed by atoms with Crippen LogP contribution < -0.4 is 0 Å². The van der Waals surface area contributed by atoms with E-state index in [1.165, 1.54) is 11.1 Å². The molecule has 0 amide bonds. The van der Waals surface area contributed by atoms with Crippen molar-refractivity contribution >= 4 is 6.29 Å². The number of rotatable bonds is 2. The summed E-state index contributed by atoms with van der Waals surface area (Å²) < 4.78 is 0. The van der Waals surface area contributed by atoms with Gasteiger partial charge in [0.2, 0.25) is 0 Å². The number of hydrogen-bond acceptors (Lipinski definition) is 2. The summed E-state index contributed by atoms with van der Waals surface area (Å²) in [6, 6.07) is 8.52. The van der Waals surface area contributed by atoms with E-state index < -0.39 is 0 Å². The zero-order valence-corrected chi connectivity index (χ0v) is 9.36. The van der Waals surface area contributed by atoms with Gasteiger partial charge in [0, 0.05) is 12.1 Å². The molecule has 1 aliphatic rings. The quantitative estimate of drug-likeness (QED) is 0.685. The van der Waals surface area contributed by atoms with E-state index in [1.807, 2.05) is 0 Å². The predicted octanol–water partition coefficient (Wildman–Crippen LogP) is 1.98. The van der Waals surface area contributed by atoms with Crippen LogP contribution in [0, 0.1) is 0 Å². The van der Waals surface area contributed by atoms with Gasteiger partial charge in [0.1, 0.15) is 6.29 Å². The summed E-state index contributed by atoms with van der Waals surface area (Å²) in [7, 11) is 0. The number of fused-ring (bicyclic) bond motifs is 1. The molecule has 1 heterocycles. The van der Waals surface area contributed by atoms with Crippen molar-refractivity contribution in [1.82, 2.24) is 4.90 Å². The van der Waals surface area contributed by atoms with Gasteiger partial charge in [0.15, 0.2) is 0 Å². The SMILES string of the molecule is CC1(C)c2ccccc2CCN1CC=O. The van der Waals surface area contributed by atoms with E-state index in [9.17, 15) is 4.79 Å². The Kier molecular flexibility index (Phi) is 2.61. The third-order valence-corrected chi connectivity index (χ3v) is 3.41. The summed E-state index contributed by atoms with van der Waals surface area (Å²) in [5, 5.41) is 0. The summed E-state index contributed by atoms with van der Waals surface area (Å²) in [6.45, 7) is 5.88. The standard InChI is InChI=1S/C13H17NO/c1-13(2)12-6-4-3-5-11(12)7-8-14(13)9-10-15/h3-6,10H,7-9H2,1-2H3. The van der Waals surface area contributed by atoms with Crippen molar-refractivity contribution < 1.29 is 4.79 Å². The molecule has 0 radical (unpaired) electrons. The van der Waals surface area contributed by atoms with Gasteiger partial charge in [-0.15, -0.1) is 0 Å². The fourth-order valence-electron chi connectivity index (χ4n) is 2.45. The monoisotopic (exact) mass is 203 g/mol. The van der Waals surface area contributed by atoms with Crippen molar-refractivity contribution in [1.29, 1.82) is 0 Å². The van der Waals surface area contributed by atoms with Gasteiger partial charge in [-0.3, -0.25) is 4.90 Å². The van der Waals surface area contributed by atoms with Crippen molar-refractivity contribution in [2.24, 2.45) is 0 Å². The average molecular weight is 203 g/mol. The van der Waals surface area contributed by atoms with Crippen LogP contribution in [0.2, 0.25) is 0 Å². The second-order valence-corrected chi connectivity index (χ2v) is 4.58. The summed E-state index contributed by atoms with van der Waals surface area (Å²) >= 11 is 0. The predicted molar refractivity (Wildman–Crippen MR) is 60.8 cm³/mol. The highest BCUT2D eigenvalue weighted by Gasteiger charge is 2.33. The van der Waals surface area contributed by atoms with E-state index in [2.05, 4.69) is 43.0 Å². The van der Waals surface area contributed by atoms with E-state index >= 15 is 0 Å². The van der Waals surface area contributed by atoms with Gasteiger partial charge in [-0.2, -0.15) is 0 Å². The molecule has 0 N–H and O–H groups in total. The van der Waals surface area contributed by atoms with Crippen molar-refractivity contribution in [2.75, 3.05) is 13.1 Å². The number of carbonyl (C=O) groups excluding carboxylic acids is 1. The van der Waals surface area contributed by atoms with Crippen LogP contribution in [0.15, 0.2) is 24.3 Å². The van der Waals surface area contributed by atoms with Crippen LogP contribution in [-0.2, 0) is 16.8 Å². The van der Waals surface area contributed by atoms with E-state index in [4.69, 9.17) is 0 Å². The summed E-state index contributed by atoms with van der Waals surface area (Å²) in [5.74, 6) is 0. The van der Waals surface area contributed by atoms with Crippen LogP contribution in [0.5, 0.6) is 0 Å². The fraction of sp³-hybridized carbons (Fsp3) is 0.462. The summed E-state index contributed by atoms with van der Waals surface area (Å²) in [4.78, 5) is 12.9. The van der Waals surface area contributed by atoms with Crippen LogP contribution in [0.3, 0.4) is 0 Å². The molecule has 2 heteroatoms. The minimum atomic E-state index is -0.0181. The lowest BCUT2D eigenvalue weighted by Gasteiger charge is -2.43. The smallest absolute Gasteiger partial charge is 0.134 e. The molecule has 0 saturated carbocycles. The fourth-order valence-corrected chi connectivity index (χ4v) is 2.45. The molecule has 0 aromatic heterocycles. The third-order valence-electron chi connectivity index (χ3n) is 3.41. The Morgan fingerprint density at radius 3 is 2.87 bits per heavy atom. The largest absolute Gasteiger partial charge is 0.302 e. The molecule has 0 unspecified atom stereocenters. The molecule has 2 rings (SSSR count). The maximum atomic E-state index is 10.6. The van der Waals surface area contributed by atoms with Gasteiger partial charge in [-0.25, -0.2) is 0 Å². The molecule has 1 aromatic rings. The Bertz CT molecular complexity index is 371. The molecule has 15 heavy (non-hydrogen) atoms. The molecule has 0 atom stereocenters. The van der Waals surface area contributed by atoms with E-state index in [0.717, 1.165) is 19.3 Å². The molecule has 2 nitrogen and oxygen atoms in total. The molecule has 0 bridgehead atoms. The number of hydrogen-bond donors (Lipinski definition) is 0. The molecule has 0 spiro atoms. The summed E-state index contributed by atoms with van der Waals surface area (Å²) in [6.07, 6.45) is 2.04. The lowest BCUT2D eigenvalue weighted by atomic mass is 9.83. The highest BCUT2D eigenvalue weighted by Crippen LogP contribution is 2.34. The first-order valence-electron chi connectivity index (χ1n) is 5.43. The van der Waals surface area contributed by atoms with Crippen LogP contribution in [0.1, 0.15) is 25.0 Å². The van der Waals surface area contributed by atoms with Crippen molar-refractivity contribution in [3.8, 4) is 0 Å². The molecular weight excluding hydrogens is 186 g/mol. The van der Waals surface area contributed by atoms with Gasteiger partial charge >= 0.3 is 0 Å². The van der Waals surface area contributed by atoms with Gasteiger partial charge in [0.25, 0.3) is 0 Å². The van der Waals surface area contributed by atoms with Gasteiger partial charge in [0.05, 0.1) is 6.54 Å². The second-order valence-electron chi connectivity index (χ2n) is 4.58. The number of benzene rings is 1. The van der Waals surface area contributed by atoms with E-state index in [0.29, 0.717) is 6.54 Å². The minimum absolute atomic E-state index is 0.0181. The van der Waals surface area contributed by atoms with Gasteiger partial charge in [-0.1, -0.05) is 24.3 Å². The summed E-state index contributed by atoms with van der Waals surface area (Å²) in [5.41, 5.74) is 2.76. The van der Waals surface area contributed by atoms with Crippen molar-refractivity contribution in [2.45, 2.75) is 25.8 Å². The Morgan fingerprint density at radius 2 is 2.13 bits per heavy atom. The lowest BCUT2D eigenvalue weighted by molar-refractivity contribution is -0.110. The molecule has 1 aliphatic heterocycles. The normalized spacial score (nSPS) is 19.6. The minimum Gasteiger partial charge on any atom is -0.302 e. The van der Waals surface area contributed by atoms with Crippen LogP contribution >= 0.6 is 0 Å². The highest BCUT2D eigenvalue weighted by molar-refractivity contribution is 5.53. The van der Waals surface area contributed by atoms with Crippen molar-refractivity contribution in [3.05, 3.63) is 35.4 Å². The van der Waals surface area contributed by atoms with Gasteiger partial charge < -0.3 is 4.79 Å². The molecule has 80 valence electrons. The molecule has 0 saturated heterocycles. The first kappa shape index (κ1) is 10.4. The molecular formula is C13H17NO. The second kappa shape index (κ2) is 3.78. The number of carbonyl (C=O) groups is 1. The first-order chi connectivity index (χ1) is 7.16. The maximum Gasteiger partial charge on any atom is 0.134 e. The highest BCUT2D eigenvalue weighted by atomic mass is 16.1. The van der Waals surface area contributed by atoms with Gasteiger partial charge in [-0.05, 0) is 31.4 Å². The molecule has 0 aliphatic carbocycles. The number of nitrogens with zero attached hydrogens (tertiary/aromatic N) is 1. The van der Waals surface area contributed by atoms with E-state index in [-0.39, 0.29) is 5.54 Å².